The molecule has 22 heavy (non-hydrogen) atoms. The Morgan fingerprint density at radius 2 is 2.14 bits per heavy atom. The third-order valence-electron chi connectivity index (χ3n) is 3.85. The molecule has 0 amide bonds. The van der Waals surface area contributed by atoms with Gasteiger partial charge in [-0.1, -0.05) is 0 Å². The van der Waals surface area contributed by atoms with Gasteiger partial charge >= 0.3 is 0 Å². The van der Waals surface area contributed by atoms with Crippen molar-refractivity contribution in [2.75, 3.05) is 24.6 Å². The molecular formula is C14H21N5O3. The van der Waals surface area contributed by atoms with E-state index in [0.717, 1.165) is 31.7 Å². The molecule has 0 aliphatic carbocycles. The lowest BCUT2D eigenvalue weighted by atomic mass is 10.2. The lowest BCUT2D eigenvalue weighted by Crippen LogP contribution is -2.26. The zero-order valence-electron chi connectivity index (χ0n) is 12.8. The molecule has 2 aromatic heterocycles. The van der Waals surface area contributed by atoms with Gasteiger partial charge in [0.15, 0.2) is 11.3 Å². The quantitative estimate of drug-likeness (QED) is 0.836. The van der Waals surface area contributed by atoms with Gasteiger partial charge in [-0.05, 0) is 20.3 Å². The first kappa shape index (κ1) is 15.0. The maximum atomic E-state index is 9.11. The van der Waals surface area contributed by atoms with Gasteiger partial charge in [-0.2, -0.15) is 0 Å². The Labute approximate surface area is 128 Å². The van der Waals surface area contributed by atoms with Gasteiger partial charge in [-0.15, -0.1) is 4.73 Å². The standard InChI is InChI=1S/C14H21N5O3/c1-3-18(4-2)13-12-14(16-8-15-13)19(9-17-12)22-11-6-5-10(7-20)21-11/h8-11,20H,3-7H2,1-2H3/t10-,11+/m0/s1. The number of hydrogen-bond donors (Lipinski definition) is 1. The van der Waals surface area contributed by atoms with E-state index in [0.29, 0.717) is 11.2 Å². The largest absolute Gasteiger partial charge is 0.394 e. The summed E-state index contributed by atoms with van der Waals surface area (Å²) in [5.74, 6) is 0.804. The molecule has 3 rings (SSSR count). The van der Waals surface area contributed by atoms with Crippen LogP contribution in [0.15, 0.2) is 12.7 Å². The fraction of sp³-hybridized carbons (Fsp3) is 0.643. The Bertz CT molecular complexity index is 628. The molecule has 0 radical (unpaired) electrons. The second-order valence-corrected chi connectivity index (χ2v) is 5.17. The van der Waals surface area contributed by atoms with Gasteiger partial charge in [0.25, 0.3) is 0 Å². The van der Waals surface area contributed by atoms with Crippen LogP contribution in [0.1, 0.15) is 26.7 Å². The molecule has 1 aliphatic heterocycles. The highest BCUT2D eigenvalue weighted by Crippen LogP contribution is 2.23. The number of fused-ring (bicyclic) bond motifs is 1. The van der Waals surface area contributed by atoms with E-state index in [9.17, 15) is 0 Å². The van der Waals surface area contributed by atoms with Gasteiger partial charge in [0.05, 0.1) is 12.7 Å². The predicted molar refractivity (Wildman–Crippen MR) is 80.4 cm³/mol. The van der Waals surface area contributed by atoms with Gasteiger partial charge in [0.2, 0.25) is 11.9 Å². The number of rotatable bonds is 6. The molecule has 1 saturated heterocycles. The lowest BCUT2D eigenvalue weighted by Gasteiger charge is -2.19. The fourth-order valence-corrected chi connectivity index (χ4v) is 2.65. The van der Waals surface area contributed by atoms with E-state index < -0.39 is 0 Å². The predicted octanol–water partition coefficient (Wildman–Crippen LogP) is 0.598. The van der Waals surface area contributed by atoms with Gasteiger partial charge in [0.1, 0.15) is 12.7 Å². The lowest BCUT2D eigenvalue weighted by molar-refractivity contribution is -0.140. The molecule has 120 valence electrons. The zero-order valence-corrected chi connectivity index (χ0v) is 12.8. The second kappa shape index (κ2) is 6.45. The summed E-state index contributed by atoms with van der Waals surface area (Å²) in [6.07, 6.45) is 4.08. The van der Waals surface area contributed by atoms with Crippen molar-refractivity contribution in [1.29, 1.82) is 0 Å². The van der Waals surface area contributed by atoms with Crippen molar-refractivity contribution >= 4 is 17.0 Å². The minimum atomic E-state index is -0.388. The molecule has 0 aromatic carbocycles. The highest BCUT2D eigenvalue weighted by molar-refractivity contribution is 5.83. The number of aliphatic hydroxyl groups is 1. The molecule has 0 unspecified atom stereocenters. The number of nitrogens with zero attached hydrogens (tertiary/aromatic N) is 5. The summed E-state index contributed by atoms with van der Waals surface area (Å²) in [5.41, 5.74) is 1.33. The monoisotopic (exact) mass is 307 g/mol. The molecule has 8 nitrogen and oxygen atoms in total. The van der Waals surface area contributed by atoms with Crippen LogP contribution in [0.2, 0.25) is 0 Å². The van der Waals surface area contributed by atoms with Crippen LogP contribution in [0.3, 0.4) is 0 Å². The van der Waals surface area contributed by atoms with E-state index in [2.05, 4.69) is 33.7 Å². The average Bonchev–Trinajstić information content (AvgIpc) is 3.17. The summed E-state index contributed by atoms with van der Waals surface area (Å²) in [6, 6.07) is 0. The number of aromatic nitrogens is 4. The van der Waals surface area contributed by atoms with Crippen molar-refractivity contribution in [2.45, 2.75) is 39.1 Å². The summed E-state index contributed by atoms with van der Waals surface area (Å²) >= 11 is 0. The average molecular weight is 307 g/mol. The van der Waals surface area contributed by atoms with Crippen molar-refractivity contribution < 1.29 is 14.7 Å². The Morgan fingerprint density at radius 1 is 1.32 bits per heavy atom. The van der Waals surface area contributed by atoms with Crippen LogP contribution >= 0.6 is 0 Å². The van der Waals surface area contributed by atoms with Crippen molar-refractivity contribution in [3.8, 4) is 0 Å². The smallest absolute Gasteiger partial charge is 0.225 e. The topological polar surface area (TPSA) is 85.5 Å². The molecule has 2 atom stereocenters. The number of aliphatic hydroxyl groups excluding tert-OH is 1. The summed E-state index contributed by atoms with van der Waals surface area (Å²) in [5, 5.41) is 9.11. The van der Waals surface area contributed by atoms with Gasteiger partial charge in [0, 0.05) is 19.5 Å². The van der Waals surface area contributed by atoms with E-state index in [4.69, 9.17) is 14.7 Å². The molecule has 8 heteroatoms. The third-order valence-corrected chi connectivity index (χ3v) is 3.85. The number of ether oxygens (including phenoxy) is 1. The van der Waals surface area contributed by atoms with Crippen molar-refractivity contribution in [3.05, 3.63) is 12.7 Å². The Balaban J connectivity index is 1.85. The molecule has 3 heterocycles. The van der Waals surface area contributed by atoms with Crippen molar-refractivity contribution in [1.82, 2.24) is 19.7 Å². The maximum Gasteiger partial charge on any atom is 0.225 e. The summed E-state index contributed by atoms with van der Waals surface area (Å²) < 4.78 is 7.10. The molecule has 0 bridgehead atoms. The number of anilines is 1. The van der Waals surface area contributed by atoms with E-state index >= 15 is 0 Å². The molecule has 1 aliphatic rings. The van der Waals surface area contributed by atoms with Gasteiger partial charge in [-0.3, -0.25) is 0 Å². The Hall–Kier alpha value is -1.93. The first-order valence-electron chi connectivity index (χ1n) is 7.63. The first-order chi connectivity index (χ1) is 10.8. The van der Waals surface area contributed by atoms with E-state index in [1.807, 2.05) is 0 Å². The normalized spacial score (nSPS) is 21.4. The van der Waals surface area contributed by atoms with Crippen LogP contribution in [0, 0.1) is 0 Å². The van der Waals surface area contributed by atoms with Crippen LogP contribution < -0.4 is 9.74 Å². The highest BCUT2D eigenvalue weighted by Gasteiger charge is 2.27. The second-order valence-electron chi connectivity index (χ2n) is 5.17. The summed E-state index contributed by atoms with van der Waals surface area (Å²) in [7, 11) is 0. The minimum absolute atomic E-state index is 0.0127. The number of imidazole rings is 1. The van der Waals surface area contributed by atoms with Crippen LogP contribution in [-0.4, -0.2) is 56.9 Å². The van der Waals surface area contributed by atoms with E-state index in [-0.39, 0.29) is 19.0 Å². The van der Waals surface area contributed by atoms with Crippen molar-refractivity contribution in [2.24, 2.45) is 0 Å². The fourth-order valence-electron chi connectivity index (χ4n) is 2.65. The van der Waals surface area contributed by atoms with Crippen LogP contribution in [0.25, 0.3) is 11.2 Å². The van der Waals surface area contributed by atoms with Crippen LogP contribution in [0.4, 0.5) is 5.82 Å². The molecule has 1 fully saturated rings. The Morgan fingerprint density at radius 3 is 2.82 bits per heavy atom. The molecule has 1 N–H and O–H groups in total. The zero-order chi connectivity index (χ0) is 15.5. The van der Waals surface area contributed by atoms with E-state index in [1.165, 1.54) is 11.1 Å². The molecule has 2 aromatic rings. The van der Waals surface area contributed by atoms with Crippen LogP contribution in [0.5, 0.6) is 0 Å². The van der Waals surface area contributed by atoms with E-state index in [1.54, 1.807) is 6.33 Å². The van der Waals surface area contributed by atoms with Gasteiger partial charge < -0.3 is 19.6 Å². The minimum Gasteiger partial charge on any atom is -0.394 e. The Kier molecular flexibility index (Phi) is 4.39. The van der Waals surface area contributed by atoms with Gasteiger partial charge in [-0.25, -0.2) is 15.0 Å². The molecule has 0 spiro atoms. The molecule has 0 saturated carbocycles. The summed E-state index contributed by atoms with van der Waals surface area (Å²) in [6.45, 7) is 5.86. The maximum absolute atomic E-state index is 9.11. The molecular weight excluding hydrogens is 286 g/mol. The highest BCUT2D eigenvalue weighted by atomic mass is 16.8. The summed E-state index contributed by atoms with van der Waals surface area (Å²) in [4.78, 5) is 20.9. The van der Waals surface area contributed by atoms with Crippen molar-refractivity contribution in [3.63, 3.8) is 0 Å². The first-order valence-corrected chi connectivity index (χ1v) is 7.63. The van der Waals surface area contributed by atoms with Crippen LogP contribution in [-0.2, 0) is 4.74 Å². The third kappa shape index (κ3) is 2.71. The SMILES string of the molecule is CCN(CC)c1ncnc2c1ncn2O[C@@H]1CC[C@@H](CO)O1. The number of hydrogen-bond acceptors (Lipinski definition) is 7.